The van der Waals surface area contributed by atoms with Gasteiger partial charge in [-0.1, -0.05) is 72.8 Å². The van der Waals surface area contributed by atoms with E-state index in [4.69, 9.17) is 4.98 Å². The molecule has 1 aromatic heterocycles. The molecule has 124 valence electrons. The van der Waals surface area contributed by atoms with Crippen molar-refractivity contribution in [2.45, 2.75) is 19.6 Å². The Labute approximate surface area is 148 Å². The van der Waals surface area contributed by atoms with Gasteiger partial charge in [-0.2, -0.15) is 0 Å². The number of aromatic amines is 1. The lowest BCUT2D eigenvalue weighted by Crippen LogP contribution is -2.23. The van der Waals surface area contributed by atoms with Crippen LogP contribution in [0.5, 0.6) is 0 Å². The lowest BCUT2D eigenvalue weighted by Gasteiger charge is -2.21. The van der Waals surface area contributed by atoms with Gasteiger partial charge in [-0.05, 0) is 23.3 Å². The summed E-state index contributed by atoms with van der Waals surface area (Å²) in [6.45, 7) is 2.58. The van der Waals surface area contributed by atoms with E-state index in [0.717, 1.165) is 36.5 Å². The fourth-order valence-corrected chi connectivity index (χ4v) is 3.14. The van der Waals surface area contributed by atoms with E-state index >= 15 is 0 Å². The molecule has 4 aromatic rings. The van der Waals surface area contributed by atoms with E-state index in [-0.39, 0.29) is 0 Å². The fourth-order valence-electron chi connectivity index (χ4n) is 3.14. The number of aromatic nitrogens is 2. The Bertz CT molecular complexity index is 855. The first-order valence-corrected chi connectivity index (χ1v) is 8.61. The van der Waals surface area contributed by atoms with Crippen LogP contribution in [0.15, 0.2) is 84.9 Å². The zero-order valence-corrected chi connectivity index (χ0v) is 14.1. The van der Waals surface area contributed by atoms with Gasteiger partial charge >= 0.3 is 0 Å². The number of benzene rings is 3. The molecule has 3 heteroatoms. The molecule has 3 nitrogen and oxygen atoms in total. The average molecular weight is 327 g/mol. The number of fused-ring (bicyclic) bond motifs is 1. The molecular weight excluding hydrogens is 306 g/mol. The second-order valence-corrected chi connectivity index (χ2v) is 6.32. The molecule has 1 N–H and O–H groups in total. The summed E-state index contributed by atoms with van der Waals surface area (Å²) in [6, 6.07) is 29.4. The summed E-state index contributed by atoms with van der Waals surface area (Å²) < 4.78 is 0. The molecule has 0 amide bonds. The van der Waals surface area contributed by atoms with Crippen molar-refractivity contribution in [2.24, 2.45) is 0 Å². The first kappa shape index (κ1) is 15.6. The molecule has 4 rings (SSSR count). The number of para-hydroxylation sites is 2. The van der Waals surface area contributed by atoms with E-state index < -0.39 is 0 Å². The first-order valence-electron chi connectivity index (χ1n) is 8.61. The molecule has 0 aliphatic heterocycles. The molecule has 1 heterocycles. The van der Waals surface area contributed by atoms with Crippen LogP contribution in [0.2, 0.25) is 0 Å². The summed E-state index contributed by atoms with van der Waals surface area (Å²) in [5.74, 6) is 1.01. The van der Waals surface area contributed by atoms with Gasteiger partial charge in [0.1, 0.15) is 5.82 Å². The van der Waals surface area contributed by atoms with Gasteiger partial charge in [0.15, 0.2) is 0 Å². The molecule has 0 unspecified atom stereocenters. The Morgan fingerprint density at radius 1 is 0.640 bits per heavy atom. The molecule has 0 atom stereocenters. The second kappa shape index (κ2) is 7.32. The highest BCUT2D eigenvalue weighted by Crippen LogP contribution is 2.16. The van der Waals surface area contributed by atoms with Gasteiger partial charge in [-0.3, -0.25) is 4.90 Å². The summed E-state index contributed by atoms with van der Waals surface area (Å²) in [4.78, 5) is 10.6. The monoisotopic (exact) mass is 327 g/mol. The van der Waals surface area contributed by atoms with Gasteiger partial charge in [-0.15, -0.1) is 0 Å². The molecule has 3 aromatic carbocycles. The van der Waals surface area contributed by atoms with Crippen molar-refractivity contribution in [2.75, 3.05) is 0 Å². The van der Waals surface area contributed by atoms with Crippen molar-refractivity contribution in [3.8, 4) is 0 Å². The summed E-state index contributed by atoms with van der Waals surface area (Å²) in [5, 5.41) is 0. The number of hydrogen-bond donors (Lipinski definition) is 1. The number of hydrogen-bond acceptors (Lipinski definition) is 2. The zero-order valence-electron chi connectivity index (χ0n) is 14.1. The van der Waals surface area contributed by atoms with E-state index in [9.17, 15) is 0 Å². The molecule has 0 fully saturated rings. The van der Waals surface area contributed by atoms with Crippen LogP contribution in [0.4, 0.5) is 0 Å². The molecule has 25 heavy (non-hydrogen) atoms. The predicted molar refractivity (Wildman–Crippen MR) is 102 cm³/mol. The van der Waals surface area contributed by atoms with Crippen LogP contribution in [-0.2, 0) is 19.6 Å². The third-order valence-electron chi connectivity index (χ3n) is 4.31. The van der Waals surface area contributed by atoms with Crippen LogP contribution in [0.3, 0.4) is 0 Å². The minimum absolute atomic E-state index is 0.790. The van der Waals surface area contributed by atoms with Crippen LogP contribution in [0, 0.1) is 0 Å². The van der Waals surface area contributed by atoms with Gasteiger partial charge < -0.3 is 4.98 Å². The highest BCUT2D eigenvalue weighted by atomic mass is 15.1. The van der Waals surface area contributed by atoms with Crippen molar-refractivity contribution < 1.29 is 0 Å². The van der Waals surface area contributed by atoms with Gasteiger partial charge in [0.05, 0.1) is 17.6 Å². The number of rotatable bonds is 6. The maximum absolute atomic E-state index is 4.74. The fraction of sp³-hybridized carbons (Fsp3) is 0.136. The van der Waals surface area contributed by atoms with Crippen molar-refractivity contribution >= 4 is 11.0 Å². The van der Waals surface area contributed by atoms with E-state index in [1.54, 1.807) is 0 Å². The van der Waals surface area contributed by atoms with Crippen LogP contribution in [0.1, 0.15) is 17.0 Å². The lowest BCUT2D eigenvalue weighted by molar-refractivity contribution is 0.242. The van der Waals surface area contributed by atoms with E-state index in [2.05, 4.69) is 76.6 Å². The smallest absolute Gasteiger partial charge is 0.121 e. The van der Waals surface area contributed by atoms with Crippen molar-refractivity contribution in [3.05, 3.63) is 102 Å². The Kier molecular flexibility index (Phi) is 4.57. The Balaban J connectivity index is 1.57. The predicted octanol–water partition coefficient (Wildman–Crippen LogP) is 4.77. The average Bonchev–Trinajstić information content (AvgIpc) is 3.05. The molecular formula is C22H21N3. The molecule has 0 saturated carbocycles. The molecule has 0 bridgehead atoms. The second-order valence-electron chi connectivity index (χ2n) is 6.32. The summed E-state index contributed by atoms with van der Waals surface area (Å²) in [7, 11) is 0. The summed E-state index contributed by atoms with van der Waals surface area (Å²) in [6.07, 6.45) is 0. The largest absolute Gasteiger partial charge is 0.341 e. The highest BCUT2D eigenvalue weighted by molar-refractivity contribution is 5.74. The Hall–Kier alpha value is -2.91. The minimum atomic E-state index is 0.790. The SMILES string of the molecule is c1ccc(CN(Cc2ccccc2)Cc2nc3ccccc3[nH]2)cc1. The third kappa shape index (κ3) is 3.95. The van der Waals surface area contributed by atoms with Gasteiger partial charge in [0, 0.05) is 13.1 Å². The number of imidazole rings is 1. The topological polar surface area (TPSA) is 31.9 Å². The lowest BCUT2D eigenvalue weighted by atomic mass is 10.1. The van der Waals surface area contributed by atoms with E-state index in [0.29, 0.717) is 0 Å². The molecule has 0 saturated heterocycles. The third-order valence-corrected chi connectivity index (χ3v) is 4.31. The molecule has 0 spiro atoms. The number of nitrogens with zero attached hydrogens (tertiary/aromatic N) is 2. The van der Waals surface area contributed by atoms with Crippen molar-refractivity contribution in [1.29, 1.82) is 0 Å². The van der Waals surface area contributed by atoms with Crippen molar-refractivity contribution in [1.82, 2.24) is 14.9 Å². The molecule has 0 radical (unpaired) electrons. The van der Waals surface area contributed by atoms with E-state index in [1.165, 1.54) is 11.1 Å². The minimum Gasteiger partial charge on any atom is -0.341 e. The number of H-pyrrole nitrogens is 1. The normalized spacial score (nSPS) is 11.2. The summed E-state index contributed by atoms with van der Waals surface area (Å²) >= 11 is 0. The van der Waals surface area contributed by atoms with Crippen LogP contribution < -0.4 is 0 Å². The quantitative estimate of drug-likeness (QED) is 0.553. The zero-order chi connectivity index (χ0) is 16.9. The highest BCUT2D eigenvalue weighted by Gasteiger charge is 2.11. The van der Waals surface area contributed by atoms with Gasteiger partial charge in [0.25, 0.3) is 0 Å². The first-order chi connectivity index (χ1) is 12.4. The van der Waals surface area contributed by atoms with E-state index in [1.807, 2.05) is 18.2 Å². The molecule has 0 aliphatic carbocycles. The number of nitrogens with one attached hydrogen (secondary N) is 1. The van der Waals surface area contributed by atoms with Crippen molar-refractivity contribution in [3.63, 3.8) is 0 Å². The van der Waals surface area contributed by atoms with Gasteiger partial charge in [-0.25, -0.2) is 4.98 Å². The standard InChI is InChI=1S/C22H21N3/c1-3-9-18(10-4-1)15-25(16-19-11-5-2-6-12-19)17-22-23-20-13-7-8-14-21(20)24-22/h1-14H,15-17H2,(H,23,24). The van der Waals surface area contributed by atoms with Crippen LogP contribution in [0.25, 0.3) is 11.0 Å². The Morgan fingerprint density at radius 3 is 1.80 bits per heavy atom. The van der Waals surface area contributed by atoms with Crippen LogP contribution >= 0.6 is 0 Å². The van der Waals surface area contributed by atoms with Gasteiger partial charge in [0.2, 0.25) is 0 Å². The maximum atomic E-state index is 4.74. The van der Waals surface area contributed by atoms with Crippen LogP contribution in [-0.4, -0.2) is 14.9 Å². The molecule has 0 aliphatic rings. The summed E-state index contributed by atoms with van der Waals surface area (Å²) in [5.41, 5.74) is 4.75. The maximum Gasteiger partial charge on any atom is 0.121 e. The Morgan fingerprint density at radius 2 is 1.20 bits per heavy atom.